The quantitative estimate of drug-likeness (QED) is 0.300. The molecule has 0 heterocycles. The molecule has 1 amide bonds. The number of nitrogens with one attached hydrogen (secondary N) is 3. The summed E-state index contributed by atoms with van der Waals surface area (Å²) < 4.78 is 10.9. The molecule has 162 valence electrons. The summed E-state index contributed by atoms with van der Waals surface area (Å²) in [4.78, 5) is 16.2. The van der Waals surface area contributed by atoms with Crippen molar-refractivity contribution in [2.45, 2.75) is 26.4 Å². The van der Waals surface area contributed by atoms with Gasteiger partial charge in [0, 0.05) is 45.8 Å². The molecule has 0 aliphatic rings. The zero-order valence-corrected chi connectivity index (χ0v) is 18.0. The summed E-state index contributed by atoms with van der Waals surface area (Å²) in [5.74, 6) is 1.46. The maximum atomic E-state index is 12.0. The number of hydrogen-bond donors (Lipinski definition) is 3. The second-order valence-corrected chi connectivity index (χ2v) is 6.82. The van der Waals surface area contributed by atoms with Crippen molar-refractivity contribution in [3.05, 3.63) is 65.2 Å². The van der Waals surface area contributed by atoms with E-state index in [-0.39, 0.29) is 5.91 Å². The van der Waals surface area contributed by atoms with Gasteiger partial charge in [0.1, 0.15) is 12.4 Å². The molecule has 2 rings (SSSR count). The second-order valence-electron chi connectivity index (χ2n) is 6.82. The highest BCUT2D eigenvalue weighted by Crippen LogP contribution is 2.20. The van der Waals surface area contributed by atoms with Crippen LogP contribution in [0.25, 0.3) is 0 Å². The third kappa shape index (κ3) is 8.53. The smallest absolute Gasteiger partial charge is 0.222 e. The first-order valence-electron chi connectivity index (χ1n) is 10.1. The molecule has 0 unspecified atom stereocenters. The Labute approximate surface area is 178 Å². The summed E-state index contributed by atoms with van der Waals surface area (Å²) in [6, 6.07) is 16.0. The standard InChI is InChI=1S/C23H32N4O3/c1-18-9-10-20(21(15-18)30-14-13-29-3)17-27-23(24-2)25-12-11-22(28)26-16-19-7-5-4-6-8-19/h4-10,15H,11-14,16-17H2,1-3H3,(H,26,28)(H2,24,25,27). The van der Waals surface area contributed by atoms with Crippen LogP contribution < -0.4 is 20.7 Å². The Balaban J connectivity index is 1.75. The second kappa shape index (κ2) is 13.2. The van der Waals surface area contributed by atoms with Crippen LogP contribution >= 0.6 is 0 Å². The van der Waals surface area contributed by atoms with Gasteiger partial charge in [-0.05, 0) is 24.1 Å². The molecular formula is C23H32N4O3. The monoisotopic (exact) mass is 412 g/mol. The van der Waals surface area contributed by atoms with Crippen molar-refractivity contribution < 1.29 is 14.3 Å². The topological polar surface area (TPSA) is 84.0 Å². The van der Waals surface area contributed by atoms with Gasteiger partial charge in [0.15, 0.2) is 5.96 Å². The van der Waals surface area contributed by atoms with Crippen LogP contribution in [0.5, 0.6) is 5.75 Å². The minimum absolute atomic E-state index is 0.00540. The first kappa shape index (κ1) is 23.2. The Morgan fingerprint density at radius 1 is 1.00 bits per heavy atom. The van der Waals surface area contributed by atoms with Crippen LogP contribution in [-0.2, 0) is 22.6 Å². The number of benzene rings is 2. The third-order valence-electron chi connectivity index (χ3n) is 4.41. The number of carbonyl (C=O) groups is 1. The predicted octanol–water partition coefficient (Wildman–Crippen LogP) is 2.39. The summed E-state index contributed by atoms with van der Waals surface area (Å²) in [7, 11) is 3.36. The van der Waals surface area contributed by atoms with Crippen molar-refractivity contribution in [3.8, 4) is 5.75 Å². The Bertz CT molecular complexity index is 809. The number of guanidine groups is 1. The van der Waals surface area contributed by atoms with E-state index in [1.165, 1.54) is 0 Å². The predicted molar refractivity (Wildman–Crippen MR) is 120 cm³/mol. The van der Waals surface area contributed by atoms with Gasteiger partial charge in [-0.25, -0.2) is 0 Å². The number of amides is 1. The molecule has 0 bridgehead atoms. The van der Waals surface area contributed by atoms with Crippen molar-refractivity contribution >= 4 is 11.9 Å². The van der Waals surface area contributed by atoms with Crippen LogP contribution in [0.1, 0.15) is 23.1 Å². The molecular weight excluding hydrogens is 380 g/mol. The zero-order chi connectivity index (χ0) is 21.6. The van der Waals surface area contributed by atoms with Gasteiger partial charge >= 0.3 is 0 Å². The lowest BCUT2D eigenvalue weighted by Gasteiger charge is -2.15. The number of aryl methyl sites for hydroxylation is 1. The van der Waals surface area contributed by atoms with Crippen LogP contribution in [0.4, 0.5) is 0 Å². The molecule has 0 atom stereocenters. The maximum Gasteiger partial charge on any atom is 0.222 e. The molecule has 7 heteroatoms. The summed E-state index contributed by atoms with van der Waals surface area (Å²) in [5.41, 5.74) is 3.24. The van der Waals surface area contributed by atoms with Crippen LogP contribution in [0.15, 0.2) is 53.5 Å². The minimum Gasteiger partial charge on any atom is -0.491 e. The van der Waals surface area contributed by atoms with E-state index >= 15 is 0 Å². The fraction of sp³-hybridized carbons (Fsp3) is 0.391. The first-order valence-corrected chi connectivity index (χ1v) is 10.1. The fourth-order valence-electron chi connectivity index (χ4n) is 2.76. The van der Waals surface area contributed by atoms with Gasteiger partial charge in [-0.3, -0.25) is 9.79 Å². The highest BCUT2D eigenvalue weighted by Gasteiger charge is 2.07. The lowest BCUT2D eigenvalue weighted by molar-refractivity contribution is -0.121. The number of hydrogen-bond acceptors (Lipinski definition) is 4. The largest absolute Gasteiger partial charge is 0.491 e. The minimum atomic E-state index is -0.00540. The van der Waals surface area contributed by atoms with E-state index < -0.39 is 0 Å². The number of rotatable bonds is 11. The van der Waals surface area contributed by atoms with E-state index in [9.17, 15) is 4.79 Å². The SMILES string of the molecule is CN=C(NCCC(=O)NCc1ccccc1)NCc1ccc(C)cc1OCCOC. The number of nitrogens with zero attached hydrogens (tertiary/aromatic N) is 1. The van der Waals surface area contributed by atoms with E-state index in [1.807, 2.05) is 55.5 Å². The number of ether oxygens (including phenoxy) is 2. The molecule has 2 aromatic carbocycles. The zero-order valence-electron chi connectivity index (χ0n) is 18.0. The van der Waals surface area contributed by atoms with Gasteiger partial charge in [0.2, 0.25) is 5.91 Å². The van der Waals surface area contributed by atoms with Crippen molar-refractivity contribution in [2.24, 2.45) is 4.99 Å². The van der Waals surface area contributed by atoms with Crippen LogP contribution in [0.3, 0.4) is 0 Å². The van der Waals surface area contributed by atoms with Gasteiger partial charge in [-0.1, -0.05) is 42.5 Å². The van der Waals surface area contributed by atoms with E-state index in [4.69, 9.17) is 9.47 Å². The number of methoxy groups -OCH3 is 1. The molecule has 30 heavy (non-hydrogen) atoms. The van der Waals surface area contributed by atoms with Crippen LogP contribution in [-0.4, -0.2) is 45.8 Å². The average Bonchev–Trinajstić information content (AvgIpc) is 2.76. The highest BCUT2D eigenvalue weighted by molar-refractivity contribution is 5.81. The van der Waals surface area contributed by atoms with Crippen molar-refractivity contribution in [1.82, 2.24) is 16.0 Å². The van der Waals surface area contributed by atoms with Crippen molar-refractivity contribution in [1.29, 1.82) is 0 Å². The molecule has 3 N–H and O–H groups in total. The lowest BCUT2D eigenvalue weighted by atomic mass is 10.1. The van der Waals surface area contributed by atoms with Crippen molar-refractivity contribution in [2.75, 3.05) is 33.9 Å². The summed E-state index contributed by atoms with van der Waals surface area (Å²) in [6.07, 6.45) is 0.365. The van der Waals surface area contributed by atoms with Gasteiger partial charge < -0.3 is 25.4 Å². The normalized spacial score (nSPS) is 11.1. The summed E-state index contributed by atoms with van der Waals surface area (Å²) in [6.45, 7) is 4.65. The Hall–Kier alpha value is -3.06. The lowest BCUT2D eigenvalue weighted by Crippen LogP contribution is -2.39. The molecule has 0 spiro atoms. The van der Waals surface area contributed by atoms with Gasteiger partial charge in [0.25, 0.3) is 0 Å². The van der Waals surface area contributed by atoms with Crippen LogP contribution in [0, 0.1) is 6.92 Å². The average molecular weight is 413 g/mol. The first-order chi connectivity index (χ1) is 14.6. The summed E-state index contributed by atoms with van der Waals surface area (Å²) in [5, 5.41) is 9.35. The van der Waals surface area contributed by atoms with Gasteiger partial charge in [-0.2, -0.15) is 0 Å². The third-order valence-corrected chi connectivity index (χ3v) is 4.41. The molecule has 7 nitrogen and oxygen atoms in total. The molecule has 0 radical (unpaired) electrons. The van der Waals surface area contributed by atoms with E-state index in [2.05, 4.69) is 20.9 Å². The van der Waals surface area contributed by atoms with E-state index in [0.29, 0.717) is 45.2 Å². The Morgan fingerprint density at radius 3 is 2.53 bits per heavy atom. The molecule has 0 aromatic heterocycles. The Morgan fingerprint density at radius 2 is 1.80 bits per heavy atom. The molecule has 0 saturated heterocycles. The number of aliphatic imine (C=N–C) groups is 1. The molecule has 0 aliphatic heterocycles. The van der Waals surface area contributed by atoms with Gasteiger partial charge in [0.05, 0.1) is 6.61 Å². The van der Waals surface area contributed by atoms with Crippen molar-refractivity contribution in [3.63, 3.8) is 0 Å². The molecule has 0 fully saturated rings. The van der Waals surface area contributed by atoms with Gasteiger partial charge in [-0.15, -0.1) is 0 Å². The molecule has 0 aliphatic carbocycles. The molecule has 2 aromatic rings. The highest BCUT2D eigenvalue weighted by atomic mass is 16.5. The van der Waals surface area contributed by atoms with Crippen LogP contribution in [0.2, 0.25) is 0 Å². The molecule has 0 saturated carbocycles. The van der Waals surface area contributed by atoms with E-state index in [0.717, 1.165) is 22.4 Å². The fourth-order valence-corrected chi connectivity index (χ4v) is 2.76. The van der Waals surface area contributed by atoms with E-state index in [1.54, 1.807) is 14.2 Å². The number of carbonyl (C=O) groups excluding carboxylic acids is 1. The maximum absolute atomic E-state index is 12.0. The summed E-state index contributed by atoms with van der Waals surface area (Å²) >= 11 is 0. The Kier molecular flexibility index (Phi) is 10.2.